The van der Waals surface area contributed by atoms with Crippen molar-refractivity contribution >= 4 is 56.8 Å². The molecule has 11 heteroatoms. The monoisotopic (exact) mass is 654 g/mol. The summed E-state index contributed by atoms with van der Waals surface area (Å²) in [7, 11) is 0. The number of aromatic amines is 1. The van der Waals surface area contributed by atoms with Crippen LogP contribution in [-0.2, 0) is 21.0 Å². The topological polar surface area (TPSA) is 117 Å². The molecule has 2 saturated carbocycles. The quantitative estimate of drug-likeness (QED) is 0.343. The zero-order valence-electron chi connectivity index (χ0n) is 22.0. The van der Waals surface area contributed by atoms with Crippen molar-refractivity contribution < 1.29 is 24.2 Å². The summed E-state index contributed by atoms with van der Waals surface area (Å²) in [6, 6.07) is 14.2. The Morgan fingerprint density at radius 2 is 1.83 bits per heavy atom. The van der Waals surface area contributed by atoms with Crippen LogP contribution < -0.4 is 9.61 Å². The third-order valence-electron chi connectivity index (χ3n) is 9.19. The fourth-order valence-electron chi connectivity index (χ4n) is 7.59. The van der Waals surface area contributed by atoms with E-state index in [-0.39, 0.29) is 58.6 Å². The Labute approximate surface area is 252 Å². The molecule has 41 heavy (non-hydrogen) atoms. The molecule has 3 aromatic rings. The molecule has 2 bridgehead atoms. The number of nitrogens with one attached hydrogen (secondary N) is 1. The highest BCUT2D eigenvalue weighted by Crippen LogP contribution is 2.69. The lowest BCUT2D eigenvalue weighted by molar-refractivity contribution is -0.142. The lowest BCUT2D eigenvalue weighted by Gasteiger charge is -2.43. The number of carboxylic acid groups (broad SMARTS) is 1. The molecule has 0 radical (unpaired) electrons. The fourth-order valence-corrected chi connectivity index (χ4v) is 10.9. The van der Waals surface area contributed by atoms with Gasteiger partial charge >= 0.3 is 10.8 Å². The maximum Gasteiger partial charge on any atom is 0.305 e. The first kappa shape index (κ1) is 27.0. The van der Waals surface area contributed by atoms with Gasteiger partial charge in [-0.15, -0.1) is 11.8 Å². The second-order valence-electron chi connectivity index (χ2n) is 11.4. The number of carbonyl (C=O) groups excluding carboxylic acids is 2. The average Bonchev–Trinajstić information content (AvgIpc) is 3.67. The number of nitrogens with zero attached hydrogens (tertiary/aromatic N) is 1. The summed E-state index contributed by atoms with van der Waals surface area (Å²) in [5.74, 6) is -1.89. The van der Waals surface area contributed by atoms with E-state index in [1.165, 1.54) is 21.8 Å². The molecule has 3 heterocycles. The minimum absolute atomic E-state index is 0.0191. The number of aromatic nitrogens is 1. The summed E-state index contributed by atoms with van der Waals surface area (Å²) in [5, 5.41) is 10.1. The summed E-state index contributed by atoms with van der Waals surface area (Å²) in [5.41, 5.74) is 3.18. The van der Waals surface area contributed by atoms with Gasteiger partial charge in [0.15, 0.2) is 0 Å². The molecule has 4 aliphatic rings. The molecule has 6 unspecified atom stereocenters. The maximum absolute atomic E-state index is 13.6. The fraction of sp³-hybridized carbons (Fsp3) is 0.400. The number of carbonyl (C=O) groups is 3. The van der Waals surface area contributed by atoms with E-state index in [2.05, 4.69) is 39.1 Å². The van der Waals surface area contributed by atoms with Gasteiger partial charge in [-0.05, 0) is 54.9 Å². The first-order chi connectivity index (χ1) is 19.7. The Bertz CT molecular complexity index is 1630. The van der Waals surface area contributed by atoms with Gasteiger partial charge in [-0.1, -0.05) is 57.1 Å². The van der Waals surface area contributed by atoms with Crippen LogP contribution in [0.1, 0.15) is 40.3 Å². The van der Waals surface area contributed by atoms with Crippen LogP contribution in [0.2, 0.25) is 0 Å². The van der Waals surface area contributed by atoms with Crippen molar-refractivity contribution in [3.8, 4) is 5.75 Å². The zero-order valence-corrected chi connectivity index (χ0v) is 25.3. The van der Waals surface area contributed by atoms with Crippen LogP contribution in [0.15, 0.2) is 56.8 Å². The van der Waals surface area contributed by atoms with Crippen molar-refractivity contribution in [1.29, 1.82) is 0 Å². The molecule has 1 saturated heterocycles. The molecule has 1 aromatic heterocycles. The van der Waals surface area contributed by atoms with E-state index in [1.54, 1.807) is 11.8 Å². The molecule has 7 rings (SSSR count). The Morgan fingerprint density at radius 3 is 2.56 bits per heavy atom. The van der Waals surface area contributed by atoms with E-state index in [0.29, 0.717) is 6.61 Å². The first-order valence-electron chi connectivity index (χ1n) is 13.7. The van der Waals surface area contributed by atoms with Gasteiger partial charge in [0.1, 0.15) is 12.4 Å². The second-order valence-corrected chi connectivity index (χ2v) is 14.5. The number of ether oxygens (including phenoxy) is 1. The lowest BCUT2D eigenvalue weighted by atomic mass is 9.68. The number of rotatable bonds is 7. The van der Waals surface area contributed by atoms with Crippen molar-refractivity contribution in [2.24, 2.45) is 29.6 Å². The standard InChI is InChI=1S/C30H27BrN2O6S2/c1-13-2-4-14(5-3-13)12-39-19-7-6-15(31)10-16(19)21-22-17-11-18(25(22)40-27-26(21)41-30(38)32-27)24-23(17)28(36)33(29(24)37)9-8-20(34)35/h2-7,10,17-18,21-25H,8-9,11-12H2,1H3,(H,32,38)(H,34,35)/t17?,18?,21-,22?,23?,24?,25?/m1/s1. The molecular formula is C30H27BrN2O6S2. The van der Waals surface area contributed by atoms with E-state index in [9.17, 15) is 24.3 Å². The summed E-state index contributed by atoms with van der Waals surface area (Å²) >= 11 is 6.48. The normalized spacial score (nSPS) is 29.4. The largest absolute Gasteiger partial charge is 0.489 e. The minimum Gasteiger partial charge on any atom is -0.489 e. The number of thiazole rings is 1. The number of hydrogen-bond acceptors (Lipinski definition) is 7. The third-order valence-corrected chi connectivity index (χ3v) is 12.3. The number of amides is 2. The first-order valence-corrected chi connectivity index (χ1v) is 16.1. The summed E-state index contributed by atoms with van der Waals surface area (Å²) in [6.07, 6.45) is 0.514. The van der Waals surface area contributed by atoms with Crippen molar-refractivity contribution in [1.82, 2.24) is 9.88 Å². The van der Waals surface area contributed by atoms with Gasteiger partial charge in [0.05, 0.1) is 23.3 Å². The maximum atomic E-state index is 13.6. The van der Waals surface area contributed by atoms with E-state index in [1.807, 2.05) is 31.2 Å². The number of benzene rings is 2. The van der Waals surface area contributed by atoms with Crippen molar-refractivity contribution in [3.63, 3.8) is 0 Å². The van der Waals surface area contributed by atoms with Crippen molar-refractivity contribution in [3.05, 3.63) is 78.2 Å². The number of hydrogen-bond donors (Lipinski definition) is 2. The molecule has 7 atom stereocenters. The Morgan fingerprint density at radius 1 is 1.10 bits per heavy atom. The number of halogens is 1. The molecule has 3 fully saturated rings. The highest BCUT2D eigenvalue weighted by Gasteiger charge is 2.69. The van der Waals surface area contributed by atoms with Crippen molar-refractivity contribution in [2.75, 3.05) is 6.54 Å². The van der Waals surface area contributed by atoms with Gasteiger partial charge in [-0.2, -0.15) is 0 Å². The summed E-state index contributed by atoms with van der Waals surface area (Å²) in [6.45, 7) is 2.35. The van der Waals surface area contributed by atoms with Crippen molar-refractivity contribution in [2.45, 2.75) is 42.6 Å². The van der Waals surface area contributed by atoms with Crippen LogP contribution in [0.3, 0.4) is 0 Å². The van der Waals surface area contributed by atoms with Crippen LogP contribution in [0.4, 0.5) is 0 Å². The van der Waals surface area contributed by atoms with E-state index in [4.69, 9.17) is 4.74 Å². The number of fused-ring (bicyclic) bond motifs is 9. The second kappa shape index (κ2) is 10.1. The molecule has 2 amide bonds. The molecule has 2 aromatic carbocycles. The summed E-state index contributed by atoms with van der Waals surface area (Å²) in [4.78, 5) is 55.9. The predicted octanol–water partition coefficient (Wildman–Crippen LogP) is 5.03. The number of thioether (sulfide) groups is 1. The van der Waals surface area contributed by atoms with E-state index < -0.39 is 17.8 Å². The Hall–Kier alpha value is -2.89. The molecule has 212 valence electrons. The van der Waals surface area contributed by atoms with Gasteiger partial charge in [0, 0.05) is 32.6 Å². The predicted molar refractivity (Wildman–Crippen MR) is 157 cm³/mol. The van der Waals surface area contributed by atoms with E-state index in [0.717, 1.165) is 37.7 Å². The number of H-pyrrole nitrogens is 1. The van der Waals surface area contributed by atoms with Crippen LogP contribution in [0, 0.1) is 36.5 Å². The number of likely N-dealkylation sites (tertiary alicyclic amines) is 1. The Kier molecular flexibility index (Phi) is 6.67. The van der Waals surface area contributed by atoms with Crippen LogP contribution >= 0.6 is 39.0 Å². The van der Waals surface area contributed by atoms with Gasteiger partial charge in [0.25, 0.3) is 0 Å². The molecule has 2 N–H and O–H groups in total. The minimum atomic E-state index is -1.03. The van der Waals surface area contributed by atoms with Gasteiger partial charge in [-0.25, -0.2) is 0 Å². The average molecular weight is 656 g/mol. The highest BCUT2D eigenvalue weighted by molar-refractivity contribution is 9.10. The van der Waals surface area contributed by atoms with Gasteiger partial charge in [-0.3, -0.25) is 24.1 Å². The van der Waals surface area contributed by atoms with Crippen LogP contribution in [-0.4, -0.2) is 44.6 Å². The smallest absolute Gasteiger partial charge is 0.305 e. The lowest BCUT2D eigenvalue weighted by Crippen LogP contribution is -2.42. The van der Waals surface area contributed by atoms with Gasteiger partial charge in [0.2, 0.25) is 11.8 Å². The van der Waals surface area contributed by atoms with Crippen LogP contribution in [0.5, 0.6) is 5.75 Å². The molecule has 0 spiro atoms. The molecule has 2 aliphatic heterocycles. The molecule has 8 nitrogen and oxygen atoms in total. The Balaban J connectivity index is 1.27. The SMILES string of the molecule is Cc1ccc(COc2ccc(Br)cc2[C@H]2c3sc(=O)[nH]c3SC3C4CC(C5C(=O)N(CCC(=O)O)C(=O)C45)C32)cc1. The number of carboxylic acids is 1. The van der Waals surface area contributed by atoms with Crippen LogP contribution in [0.25, 0.3) is 0 Å². The van der Waals surface area contributed by atoms with E-state index >= 15 is 0 Å². The summed E-state index contributed by atoms with van der Waals surface area (Å²) < 4.78 is 7.31. The molecular weight excluding hydrogens is 628 g/mol. The molecule has 2 aliphatic carbocycles. The van der Waals surface area contributed by atoms with Gasteiger partial charge < -0.3 is 14.8 Å². The number of imide groups is 1. The number of aliphatic carboxylic acids is 1. The zero-order chi connectivity index (χ0) is 28.6. The highest BCUT2D eigenvalue weighted by atomic mass is 79.9. The number of aryl methyl sites for hydroxylation is 1. The third kappa shape index (κ3) is 4.39.